The molecule has 0 aromatic heterocycles. The minimum Gasteiger partial charge on any atom is -0.481 e. The summed E-state index contributed by atoms with van der Waals surface area (Å²) in [4.78, 5) is 14.5. The summed E-state index contributed by atoms with van der Waals surface area (Å²) in [5, 5.41) is 8.21. The fraction of sp³-hybridized carbons (Fsp3) is 0.750. The predicted molar refractivity (Wildman–Crippen MR) is 38.6 cm³/mol. The van der Waals surface area contributed by atoms with Crippen LogP contribution in [0.1, 0.15) is 12.8 Å². The van der Waals surface area contributed by atoms with Gasteiger partial charge in [-0.25, -0.2) is 9.67 Å². The van der Waals surface area contributed by atoms with E-state index in [1.807, 2.05) is 0 Å². The normalized spacial score (nSPS) is 10.3. The SMILES string of the molecule is O=C(O)CCC(NCl)NCl. The van der Waals surface area contributed by atoms with Crippen molar-refractivity contribution in [1.29, 1.82) is 0 Å². The van der Waals surface area contributed by atoms with E-state index in [0.29, 0.717) is 6.42 Å². The fourth-order valence-corrected chi connectivity index (χ4v) is 0.781. The van der Waals surface area contributed by atoms with E-state index in [-0.39, 0.29) is 12.6 Å². The van der Waals surface area contributed by atoms with Crippen molar-refractivity contribution < 1.29 is 9.90 Å². The highest BCUT2D eigenvalue weighted by atomic mass is 35.5. The predicted octanol–water partition coefficient (Wildman–Crippen LogP) is 0.664. The first kappa shape index (κ1) is 9.97. The minimum atomic E-state index is -0.871. The van der Waals surface area contributed by atoms with E-state index in [0.717, 1.165) is 0 Å². The van der Waals surface area contributed by atoms with Crippen LogP contribution in [0.15, 0.2) is 0 Å². The van der Waals surface area contributed by atoms with E-state index in [9.17, 15) is 4.79 Å². The molecule has 4 nitrogen and oxygen atoms in total. The molecule has 0 saturated heterocycles. The third kappa shape index (κ3) is 4.81. The molecule has 0 aromatic carbocycles. The van der Waals surface area contributed by atoms with Gasteiger partial charge in [0.05, 0.1) is 6.17 Å². The van der Waals surface area contributed by atoms with Gasteiger partial charge in [-0.2, -0.15) is 0 Å². The van der Waals surface area contributed by atoms with Gasteiger partial charge in [0.15, 0.2) is 0 Å². The van der Waals surface area contributed by atoms with Crippen molar-refractivity contribution in [3.63, 3.8) is 0 Å². The van der Waals surface area contributed by atoms with Gasteiger partial charge in [-0.05, 0) is 30.0 Å². The molecule has 60 valence electrons. The van der Waals surface area contributed by atoms with Crippen molar-refractivity contribution >= 4 is 29.5 Å². The van der Waals surface area contributed by atoms with Crippen molar-refractivity contribution in [2.45, 2.75) is 19.0 Å². The Balaban J connectivity index is 3.34. The highest BCUT2D eigenvalue weighted by Gasteiger charge is 2.06. The number of halogens is 2. The molecule has 0 radical (unpaired) electrons. The second-order valence-corrected chi connectivity index (χ2v) is 2.14. The van der Waals surface area contributed by atoms with Crippen LogP contribution in [0.3, 0.4) is 0 Å². The minimum absolute atomic E-state index is 0.0319. The van der Waals surface area contributed by atoms with Crippen LogP contribution in [0.4, 0.5) is 0 Å². The number of rotatable bonds is 5. The number of carboxylic acids is 1. The van der Waals surface area contributed by atoms with E-state index in [4.69, 9.17) is 28.7 Å². The Kier molecular flexibility index (Phi) is 5.71. The van der Waals surface area contributed by atoms with Gasteiger partial charge >= 0.3 is 5.97 Å². The molecular weight excluding hydrogens is 179 g/mol. The lowest BCUT2D eigenvalue weighted by molar-refractivity contribution is -0.137. The first-order valence-electron chi connectivity index (χ1n) is 2.64. The zero-order chi connectivity index (χ0) is 7.98. The van der Waals surface area contributed by atoms with Crippen LogP contribution in [0.5, 0.6) is 0 Å². The van der Waals surface area contributed by atoms with Crippen LogP contribution in [-0.4, -0.2) is 17.2 Å². The van der Waals surface area contributed by atoms with Gasteiger partial charge in [0.2, 0.25) is 0 Å². The van der Waals surface area contributed by atoms with E-state index >= 15 is 0 Å². The van der Waals surface area contributed by atoms with Gasteiger partial charge in [0.25, 0.3) is 0 Å². The Morgan fingerprint density at radius 2 is 2.00 bits per heavy atom. The summed E-state index contributed by atoms with van der Waals surface area (Å²) in [7, 11) is 0. The lowest BCUT2D eigenvalue weighted by Crippen LogP contribution is -2.31. The average molecular weight is 187 g/mol. The van der Waals surface area contributed by atoms with E-state index in [1.54, 1.807) is 0 Å². The van der Waals surface area contributed by atoms with E-state index in [2.05, 4.69) is 9.67 Å². The molecule has 0 aliphatic carbocycles. The maximum Gasteiger partial charge on any atom is 0.303 e. The second-order valence-electron chi connectivity index (χ2n) is 1.70. The molecule has 0 aliphatic heterocycles. The number of hydrogen-bond donors (Lipinski definition) is 3. The van der Waals surface area contributed by atoms with Gasteiger partial charge in [0, 0.05) is 6.42 Å². The lowest BCUT2D eigenvalue weighted by atomic mass is 10.3. The standard InChI is InChI=1S/C4H8Cl2N2O2/c5-7-3(8-6)1-2-4(9)10/h3,7-8H,1-2H2,(H,9,10). The molecule has 0 saturated carbocycles. The molecular formula is C4H8Cl2N2O2. The largest absolute Gasteiger partial charge is 0.481 e. The topological polar surface area (TPSA) is 61.4 Å². The monoisotopic (exact) mass is 186 g/mol. The summed E-state index contributed by atoms with van der Waals surface area (Å²) in [6.45, 7) is 0. The molecule has 0 aliphatic rings. The van der Waals surface area contributed by atoms with Crippen LogP contribution in [0.25, 0.3) is 0 Å². The van der Waals surface area contributed by atoms with Gasteiger partial charge in [-0.3, -0.25) is 4.79 Å². The molecule has 0 unspecified atom stereocenters. The Hall–Kier alpha value is -0.0300. The van der Waals surface area contributed by atoms with Crippen molar-refractivity contribution in [3.8, 4) is 0 Å². The zero-order valence-corrected chi connectivity index (χ0v) is 6.61. The Bertz CT molecular complexity index is 107. The van der Waals surface area contributed by atoms with Gasteiger partial charge in [0.1, 0.15) is 0 Å². The third-order valence-electron chi connectivity index (χ3n) is 0.910. The quantitative estimate of drug-likeness (QED) is 0.437. The van der Waals surface area contributed by atoms with E-state index in [1.165, 1.54) is 0 Å². The van der Waals surface area contributed by atoms with Gasteiger partial charge in [-0.1, -0.05) is 0 Å². The van der Waals surface area contributed by atoms with Crippen LogP contribution >= 0.6 is 23.6 Å². The summed E-state index contributed by atoms with van der Waals surface area (Å²) < 4.78 is 0. The first-order chi connectivity index (χ1) is 4.70. The number of nitrogens with one attached hydrogen (secondary N) is 2. The fourth-order valence-electron chi connectivity index (χ4n) is 0.398. The highest BCUT2D eigenvalue weighted by molar-refractivity contribution is 6.15. The first-order valence-corrected chi connectivity index (χ1v) is 3.40. The van der Waals surface area contributed by atoms with Gasteiger partial charge in [-0.15, -0.1) is 0 Å². The van der Waals surface area contributed by atoms with Crippen molar-refractivity contribution in [2.24, 2.45) is 0 Å². The Morgan fingerprint density at radius 1 is 1.50 bits per heavy atom. The van der Waals surface area contributed by atoms with Crippen molar-refractivity contribution in [3.05, 3.63) is 0 Å². The van der Waals surface area contributed by atoms with Crippen LogP contribution in [0.2, 0.25) is 0 Å². The molecule has 6 heteroatoms. The van der Waals surface area contributed by atoms with Crippen LogP contribution in [0, 0.1) is 0 Å². The molecule has 0 spiro atoms. The lowest BCUT2D eigenvalue weighted by Gasteiger charge is -2.08. The Morgan fingerprint density at radius 3 is 2.30 bits per heavy atom. The summed E-state index contributed by atoms with van der Waals surface area (Å²) in [6, 6.07) is 0. The molecule has 0 amide bonds. The molecule has 0 rings (SSSR count). The summed E-state index contributed by atoms with van der Waals surface area (Å²) in [6.07, 6.45) is 0.0198. The summed E-state index contributed by atoms with van der Waals surface area (Å²) in [5.74, 6) is -0.871. The van der Waals surface area contributed by atoms with Gasteiger partial charge < -0.3 is 5.11 Å². The number of carboxylic acid groups (broad SMARTS) is 1. The smallest absolute Gasteiger partial charge is 0.303 e. The molecule has 0 heterocycles. The van der Waals surface area contributed by atoms with Crippen molar-refractivity contribution in [1.82, 2.24) is 9.67 Å². The molecule has 10 heavy (non-hydrogen) atoms. The third-order valence-corrected chi connectivity index (χ3v) is 1.44. The average Bonchev–Trinajstić information content (AvgIpc) is 1.90. The molecule has 3 N–H and O–H groups in total. The van der Waals surface area contributed by atoms with Crippen LogP contribution in [-0.2, 0) is 4.79 Å². The van der Waals surface area contributed by atoms with Crippen molar-refractivity contribution in [2.75, 3.05) is 0 Å². The maximum absolute atomic E-state index is 9.99. The molecule has 0 atom stereocenters. The zero-order valence-electron chi connectivity index (χ0n) is 5.10. The molecule has 0 fully saturated rings. The molecule has 0 aromatic rings. The Labute approximate surface area is 68.7 Å². The summed E-state index contributed by atoms with van der Waals surface area (Å²) in [5.41, 5.74) is 0. The number of aliphatic carboxylic acids is 1. The summed E-state index contributed by atoms with van der Waals surface area (Å²) >= 11 is 10.3. The van der Waals surface area contributed by atoms with Crippen LogP contribution < -0.4 is 9.67 Å². The number of hydrogen-bond acceptors (Lipinski definition) is 3. The highest BCUT2D eigenvalue weighted by Crippen LogP contribution is 1.95. The number of carbonyl (C=O) groups is 1. The molecule has 0 bridgehead atoms. The van der Waals surface area contributed by atoms with E-state index < -0.39 is 5.97 Å². The second kappa shape index (κ2) is 5.73. The maximum atomic E-state index is 9.99.